The van der Waals surface area contributed by atoms with Gasteiger partial charge in [0.1, 0.15) is 0 Å². The highest BCUT2D eigenvalue weighted by molar-refractivity contribution is 5.68. The molecule has 0 saturated carbocycles. The number of hydrogen-bond acceptors (Lipinski definition) is 1. The highest BCUT2D eigenvalue weighted by Crippen LogP contribution is 2.39. The van der Waals surface area contributed by atoms with Gasteiger partial charge in [-0.15, -0.1) is 0 Å². The Labute approximate surface area is 180 Å². The van der Waals surface area contributed by atoms with Gasteiger partial charge in [-0.25, -0.2) is 0 Å². The van der Waals surface area contributed by atoms with E-state index in [9.17, 15) is 0 Å². The lowest BCUT2D eigenvalue weighted by Gasteiger charge is -2.31. The predicted octanol–water partition coefficient (Wildman–Crippen LogP) is 9.15. The molecule has 0 unspecified atom stereocenters. The Morgan fingerprint density at radius 3 is 1.34 bits per heavy atom. The molecule has 160 valence electrons. The first-order chi connectivity index (χ1) is 13.8. The second-order valence-corrected chi connectivity index (χ2v) is 9.90. The summed E-state index contributed by atoms with van der Waals surface area (Å²) in [5.74, 6) is 0. The number of nitrogens with one attached hydrogen (secondary N) is 1. The quantitative estimate of drug-likeness (QED) is 0.354. The first-order valence-corrected chi connectivity index (χ1v) is 11.8. The largest absolute Gasteiger partial charge is 0.355 e. The second-order valence-electron chi connectivity index (χ2n) is 9.90. The van der Waals surface area contributed by atoms with Crippen LogP contribution in [-0.4, -0.2) is 0 Å². The molecule has 0 fully saturated rings. The zero-order valence-corrected chi connectivity index (χ0v) is 19.8. The molecule has 0 aliphatic carbocycles. The summed E-state index contributed by atoms with van der Waals surface area (Å²) in [6.07, 6.45) is 10.2. The van der Waals surface area contributed by atoms with E-state index < -0.39 is 0 Å². The molecule has 0 aliphatic heterocycles. The first-order valence-electron chi connectivity index (χ1n) is 11.8. The first kappa shape index (κ1) is 23.5. The Hall–Kier alpha value is -1.76. The van der Waals surface area contributed by atoms with E-state index in [-0.39, 0.29) is 10.8 Å². The number of para-hydroxylation sites is 2. The van der Waals surface area contributed by atoms with Crippen LogP contribution in [0.2, 0.25) is 0 Å². The third-order valence-electron chi connectivity index (χ3n) is 6.39. The maximum atomic E-state index is 3.83. The van der Waals surface area contributed by atoms with Gasteiger partial charge in [0.25, 0.3) is 0 Å². The highest BCUT2D eigenvalue weighted by Gasteiger charge is 2.26. The summed E-state index contributed by atoms with van der Waals surface area (Å²) in [6.45, 7) is 14.1. The molecule has 1 heteroatoms. The fraction of sp³-hybridized carbons (Fsp3) is 0.571. The van der Waals surface area contributed by atoms with Crippen LogP contribution >= 0.6 is 0 Å². The summed E-state index contributed by atoms with van der Waals surface area (Å²) in [6, 6.07) is 17.8. The molecular formula is C28H43N. The normalized spacial score (nSPS) is 12.2. The van der Waals surface area contributed by atoms with Gasteiger partial charge in [-0.3, -0.25) is 0 Å². The molecule has 2 aromatic rings. The smallest absolute Gasteiger partial charge is 0.0422 e. The SMILES string of the molecule is CCCCCC(C)(C)c1ccccc1Nc1ccccc1C(C)(C)CCCCC. The third kappa shape index (κ3) is 6.63. The van der Waals surface area contributed by atoms with Gasteiger partial charge in [0.2, 0.25) is 0 Å². The Morgan fingerprint density at radius 2 is 0.966 bits per heavy atom. The van der Waals surface area contributed by atoms with Gasteiger partial charge in [-0.2, -0.15) is 0 Å². The van der Waals surface area contributed by atoms with Gasteiger partial charge in [-0.1, -0.05) is 116 Å². The molecule has 0 radical (unpaired) electrons. The average Bonchev–Trinajstić information content (AvgIpc) is 2.69. The fourth-order valence-corrected chi connectivity index (χ4v) is 4.41. The highest BCUT2D eigenvalue weighted by atomic mass is 14.9. The summed E-state index contributed by atoms with van der Waals surface area (Å²) in [5, 5.41) is 3.83. The van der Waals surface area contributed by atoms with Crippen molar-refractivity contribution in [3.05, 3.63) is 59.7 Å². The van der Waals surface area contributed by atoms with Gasteiger partial charge in [0.05, 0.1) is 0 Å². The number of rotatable bonds is 12. The van der Waals surface area contributed by atoms with Gasteiger partial charge in [0.15, 0.2) is 0 Å². The standard InChI is InChI=1S/C28H43N/c1-7-9-15-21-27(3,4)23-17-11-13-19-25(23)29-26-20-14-12-18-24(26)28(5,6)22-16-10-8-2/h11-14,17-20,29H,7-10,15-16,21-22H2,1-6H3. The molecule has 0 bridgehead atoms. The van der Waals surface area contributed by atoms with Gasteiger partial charge >= 0.3 is 0 Å². The molecule has 0 amide bonds. The molecular weight excluding hydrogens is 350 g/mol. The van der Waals surface area contributed by atoms with Crippen molar-refractivity contribution in [3.8, 4) is 0 Å². The molecule has 0 aromatic heterocycles. The lowest BCUT2D eigenvalue weighted by atomic mass is 9.78. The van der Waals surface area contributed by atoms with Crippen molar-refractivity contribution >= 4 is 11.4 Å². The van der Waals surface area contributed by atoms with Crippen LogP contribution in [0.5, 0.6) is 0 Å². The summed E-state index contributed by atoms with van der Waals surface area (Å²) < 4.78 is 0. The summed E-state index contributed by atoms with van der Waals surface area (Å²) >= 11 is 0. The minimum atomic E-state index is 0.171. The van der Waals surface area contributed by atoms with Crippen LogP contribution in [0.1, 0.15) is 104 Å². The zero-order chi connectivity index (χ0) is 21.3. The number of benzene rings is 2. The predicted molar refractivity (Wildman–Crippen MR) is 131 cm³/mol. The van der Waals surface area contributed by atoms with Crippen molar-refractivity contribution in [2.75, 3.05) is 5.32 Å². The minimum absolute atomic E-state index is 0.171. The average molecular weight is 394 g/mol. The monoisotopic (exact) mass is 393 g/mol. The minimum Gasteiger partial charge on any atom is -0.355 e. The molecule has 0 saturated heterocycles. The molecule has 0 aliphatic rings. The van der Waals surface area contributed by atoms with Crippen molar-refractivity contribution < 1.29 is 0 Å². The Balaban J connectivity index is 2.30. The van der Waals surface area contributed by atoms with Crippen molar-refractivity contribution in [1.82, 2.24) is 0 Å². The number of anilines is 2. The van der Waals surface area contributed by atoms with Gasteiger partial charge in [-0.05, 0) is 46.9 Å². The number of unbranched alkanes of at least 4 members (excludes halogenated alkanes) is 4. The van der Waals surface area contributed by atoms with Crippen LogP contribution in [0.3, 0.4) is 0 Å². The lowest BCUT2D eigenvalue weighted by Crippen LogP contribution is -2.21. The van der Waals surface area contributed by atoms with E-state index in [0.29, 0.717) is 0 Å². The van der Waals surface area contributed by atoms with E-state index in [4.69, 9.17) is 0 Å². The van der Waals surface area contributed by atoms with E-state index in [1.54, 1.807) is 0 Å². The third-order valence-corrected chi connectivity index (χ3v) is 6.39. The van der Waals surface area contributed by atoms with E-state index >= 15 is 0 Å². The molecule has 0 spiro atoms. The Kier molecular flexibility index (Phi) is 8.80. The zero-order valence-electron chi connectivity index (χ0n) is 19.8. The molecule has 0 atom stereocenters. The van der Waals surface area contributed by atoms with Crippen molar-refractivity contribution in [2.45, 2.75) is 104 Å². The fourth-order valence-electron chi connectivity index (χ4n) is 4.41. The van der Waals surface area contributed by atoms with E-state index in [1.165, 1.54) is 73.9 Å². The van der Waals surface area contributed by atoms with Gasteiger partial charge < -0.3 is 5.32 Å². The molecule has 1 N–H and O–H groups in total. The Bertz CT molecular complexity index is 678. The second kappa shape index (κ2) is 10.9. The maximum absolute atomic E-state index is 3.83. The maximum Gasteiger partial charge on any atom is 0.0422 e. The molecule has 1 nitrogen and oxygen atoms in total. The lowest BCUT2D eigenvalue weighted by molar-refractivity contribution is 0.450. The van der Waals surface area contributed by atoms with Crippen LogP contribution in [0.25, 0.3) is 0 Å². The summed E-state index contributed by atoms with van der Waals surface area (Å²) in [5.41, 5.74) is 5.70. The van der Waals surface area contributed by atoms with Crippen LogP contribution in [0, 0.1) is 0 Å². The van der Waals surface area contributed by atoms with E-state index in [2.05, 4.69) is 95.4 Å². The summed E-state index contributed by atoms with van der Waals surface area (Å²) in [4.78, 5) is 0. The van der Waals surface area contributed by atoms with Crippen molar-refractivity contribution in [3.63, 3.8) is 0 Å². The van der Waals surface area contributed by atoms with Crippen LogP contribution in [-0.2, 0) is 10.8 Å². The van der Waals surface area contributed by atoms with Crippen molar-refractivity contribution in [1.29, 1.82) is 0 Å². The van der Waals surface area contributed by atoms with E-state index in [1.807, 2.05) is 0 Å². The Morgan fingerprint density at radius 1 is 0.586 bits per heavy atom. The number of hydrogen-bond donors (Lipinski definition) is 1. The van der Waals surface area contributed by atoms with Crippen LogP contribution in [0.15, 0.2) is 48.5 Å². The molecule has 2 rings (SSSR count). The van der Waals surface area contributed by atoms with Crippen LogP contribution < -0.4 is 5.32 Å². The van der Waals surface area contributed by atoms with E-state index in [0.717, 1.165) is 0 Å². The van der Waals surface area contributed by atoms with Crippen LogP contribution in [0.4, 0.5) is 11.4 Å². The molecule has 2 aromatic carbocycles. The topological polar surface area (TPSA) is 12.0 Å². The van der Waals surface area contributed by atoms with Gasteiger partial charge in [0, 0.05) is 11.4 Å². The molecule has 0 heterocycles. The molecule has 29 heavy (non-hydrogen) atoms. The van der Waals surface area contributed by atoms with Crippen molar-refractivity contribution in [2.24, 2.45) is 0 Å². The summed E-state index contributed by atoms with van der Waals surface area (Å²) in [7, 11) is 0.